The second-order valence-electron chi connectivity index (χ2n) is 6.64. The lowest BCUT2D eigenvalue weighted by Crippen LogP contribution is -2.43. The first-order chi connectivity index (χ1) is 9.24. The van der Waals surface area contributed by atoms with Gasteiger partial charge in [0, 0.05) is 6.10 Å². The minimum absolute atomic E-state index is 0.254. The molecule has 0 aliphatic carbocycles. The Hall–Kier alpha value is -0.863. The molecule has 0 aliphatic heterocycles. The molecule has 1 unspecified atom stereocenters. The highest BCUT2D eigenvalue weighted by molar-refractivity contribution is 6.74. The first-order valence-corrected chi connectivity index (χ1v) is 10.4. The Morgan fingerprint density at radius 1 is 1.05 bits per heavy atom. The average Bonchev–Trinajstić information content (AvgIpc) is 2.33. The zero-order valence-corrected chi connectivity index (χ0v) is 15.0. The summed E-state index contributed by atoms with van der Waals surface area (Å²) in [6.07, 6.45) is 15.3. The van der Waals surface area contributed by atoms with Gasteiger partial charge >= 0.3 is 0 Å². The predicted octanol–water partition coefficient (Wildman–Crippen LogP) is 6.03. The molecule has 0 heterocycles. The van der Waals surface area contributed by atoms with Crippen LogP contribution in [0.4, 0.5) is 0 Å². The summed E-state index contributed by atoms with van der Waals surface area (Å²) in [6.45, 7) is 18.9. The Bertz CT molecular complexity index is 345. The van der Waals surface area contributed by atoms with Gasteiger partial charge in [0.05, 0.1) is 0 Å². The maximum atomic E-state index is 6.52. The molecule has 0 aromatic carbocycles. The van der Waals surface area contributed by atoms with Gasteiger partial charge in [-0.25, -0.2) is 0 Å². The highest BCUT2D eigenvalue weighted by Gasteiger charge is 2.38. The van der Waals surface area contributed by atoms with Gasteiger partial charge in [0.1, 0.15) is 0 Å². The van der Waals surface area contributed by atoms with Crippen LogP contribution in [0.1, 0.15) is 40.0 Å². The van der Waals surface area contributed by atoms with E-state index in [0.717, 1.165) is 19.3 Å². The lowest BCUT2D eigenvalue weighted by Gasteiger charge is -2.39. The first-order valence-electron chi connectivity index (χ1n) is 7.47. The standard InChI is InChI=1S/C18H32OSi/c1-8-10-12-14-16-17(15-13-11-9-2)19-20(6,7)18(3,4)5/h8-13,17H,1-2,14-16H2,3-7H3/b12-10+,13-11+. The number of hydrogen-bond donors (Lipinski definition) is 0. The van der Waals surface area contributed by atoms with Crippen LogP contribution in [-0.2, 0) is 4.43 Å². The van der Waals surface area contributed by atoms with E-state index in [0.29, 0.717) is 6.10 Å². The first kappa shape index (κ1) is 19.1. The highest BCUT2D eigenvalue weighted by Crippen LogP contribution is 2.38. The van der Waals surface area contributed by atoms with Gasteiger partial charge < -0.3 is 4.43 Å². The summed E-state index contributed by atoms with van der Waals surface area (Å²) in [5.41, 5.74) is 0. The molecule has 0 radical (unpaired) electrons. The summed E-state index contributed by atoms with van der Waals surface area (Å²) < 4.78 is 6.52. The van der Waals surface area contributed by atoms with Gasteiger partial charge in [-0.3, -0.25) is 0 Å². The second-order valence-corrected chi connectivity index (χ2v) is 11.4. The van der Waals surface area contributed by atoms with Crippen molar-refractivity contribution in [2.75, 3.05) is 0 Å². The third kappa shape index (κ3) is 7.66. The SMILES string of the molecule is C=C/C=C/CCC(C/C=C/C=C)O[Si](C)(C)C(C)(C)C. The van der Waals surface area contributed by atoms with Crippen molar-refractivity contribution in [2.45, 2.75) is 64.3 Å². The van der Waals surface area contributed by atoms with Gasteiger partial charge in [-0.2, -0.15) is 0 Å². The monoisotopic (exact) mass is 292 g/mol. The molecule has 0 aromatic rings. The molecule has 0 amide bonds. The maximum Gasteiger partial charge on any atom is 0.192 e. The molecule has 0 N–H and O–H groups in total. The van der Waals surface area contributed by atoms with E-state index < -0.39 is 8.32 Å². The van der Waals surface area contributed by atoms with Crippen LogP contribution in [0.5, 0.6) is 0 Å². The van der Waals surface area contributed by atoms with Crippen LogP contribution in [0, 0.1) is 0 Å². The third-order valence-corrected chi connectivity index (χ3v) is 8.40. The number of allylic oxidation sites excluding steroid dienone is 5. The van der Waals surface area contributed by atoms with Crippen molar-refractivity contribution in [3.8, 4) is 0 Å². The molecular formula is C18H32OSi. The zero-order valence-electron chi connectivity index (χ0n) is 14.0. The van der Waals surface area contributed by atoms with Gasteiger partial charge in [0.2, 0.25) is 0 Å². The lowest BCUT2D eigenvalue weighted by atomic mass is 10.1. The van der Waals surface area contributed by atoms with Gasteiger partial charge in [-0.05, 0) is 37.4 Å². The smallest absolute Gasteiger partial charge is 0.192 e. The van der Waals surface area contributed by atoms with E-state index in [1.165, 1.54) is 0 Å². The number of rotatable bonds is 9. The summed E-state index contributed by atoms with van der Waals surface area (Å²) in [6, 6.07) is 0. The topological polar surface area (TPSA) is 9.23 Å². The van der Waals surface area contributed by atoms with Crippen LogP contribution in [0.25, 0.3) is 0 Å². The molecule has 114 valence electrons. The van der Waals surface area contributed by atoms with Crippen LogP contribution in [0.3, 0.4) is 0 Å². The molecule has 0 spiro atoms. The Morgan fingerprint density at radius 3 is 2.10 bits per heavy atom. The van der Waals surface area contributed by atoms with Crippen LogP contribution >= 0.6 is 0 Å². The number of hydrogen-bond acceptors (Lipinski definition) is 1. The van der Waals surface area contributed by atoms with Gasteiger partial charge in [0.25, 0.3) is 0 Å². The van der Waals surface area contributed by atoms with E-state index in [1.54, 1.807) is 0 Å². The quantitative estimate of drug-likeness (QED) is 0.372. The van der Waals surface area contributed by atoms with E-state index in [2.05, 4.69) is 59.2 Å². The maximum absolute atomic E-state index is 6.52. The molecular weight excluding hydrogens is 260 g/mol. The van der Waals surface area contributed by atoms with Crippen molar-refractivity contribution in [2.24, 2.45) is 0 Å². The van der Waals surface area contributed by atoms with Crippen molar-refractivity contribution >= 4 is 8.32 Å². The Morgan fingerprint density at radius 2 is 1.60 bits per heavy atom. The fraction of sp³-hybridized carbons (Fsp3) is 0.556. The van der Waals surface area contributed by atoms with Crippen molar-refractivity contribution in [3.05, 3.63) is 49.6 Å². The third-order valence-electron chi connectivity index (χ3n) is 3.87. The predicted molar refractivity (Wildman–Crippen MR) is 94.6 cm³/mol. The minimum atomic E-state index is -1.70. The zero-order chi connectivity index (χ0) is 15.6. The molecule has 0 aliphatic rings. The minimum Gasteiger partial charge on any atom is -0.414 e. The molecule has 20 heavy (non-hydrogen) atoms. The molecule has 0 aromatic heterocycles. The van der Waals surface area contributed by atoms with E-state index in [4.69, 9.17) is 4.43 Å². The van der Waals surface area contributed by atoms with Crippen LogP contribution < -0.4 is 0 Å². The normalized spacial score (nSPS) is 14.8. The summed E-state index contributed by atoms with van der Waals surface area (Å²) in [5, 5.41) is 0.254. The fourth-order valence-corrected chi connectivity index (χ4v) is 3.02. The molecule has 0 saturated heterocycles. The molecule has 0 rings (SSSR count). The molecule has 1 atom stereocenters. The van der Waals surface area contributed by atoms with Crippen molar-refractivity contribution in [1.82, 2.24) is 0 Å². The van der Waals surface area contributed by atoms with Crippen LogP contribution in [0.2, 0.25) is 18.1 Å². The van der Waals surface area contributed by atoms with Gasteiger partial charge in [-0.15, -0.1) is 0 Å². The second kappa shape index (κ2) is 9.14. The Kier molecular flexibility index (Phi) is 8.75. The molecule has 2 heteroatoms. The fourth-order valence-electron chi connectivity index (χ4n) is 1.62. The largest absolute Gasteiger partial charge is 0.414 e. The summed E-state index contributed by atoms with van der Waals surface area (Å²) >= 11 is 0. The van der Waals surface area contributed by atoms with Crippen LogP contribution in [0.15, 0.2) is 49.6 Å². The van der Waals surface area contributed by atoms with E-state index in [-0.39, 0.29) is 5.04 Å². The summed E-state index contributed by atoms with van der Waals surface area (Å²) in [7, 11) is -1.70. The van der Waals surface area contributed by atoms with E-state index in [1.807, 2.05) is 24.3 Å². The van der Waals surface area contributed by atoms with Crippen molar-refractivity contribution < 1.29 is 4.43 Å². The van der Waals surface area contributed by atoms with Crippen molar-refractivity contribution in [3.63, 3.8) is 0 Å². The molecule has 0 fully saturated rings. The molecule has 0 saturated carbocycles. The molecule has 0 bridgehead atoms. The highest BCUT2D eigenvalue weighted by atomic mass is 28.4. The molecule has 1 nitrogen and oxygen atoms in total. The van der Waals surface area contributed by atoms with E-state index >= 15 is 0 Å². The summed E-state index contributed by atoms with van der Waals surface area (Å²) in [4.78, 5) is 0. The Balaban J connectivity index is 4.66. The summed E-state index contributed by atoms with van der Waals surface area (Å²) in [5.74, 6) is 0. The average molecular weight is 293 g/mol. The van der Waals surface area contributed by atoms with Crippen molar-refractivity contribution in [1.29, 1.82) is 0 Å². The van der Waals surface area contributed by atoms with Gasteiger partial charge in [0.15, 0.2) is 8.32 Å². The van der Waals surface area contributed by atoms with E-state index in [9.17, 15) is 0 Å². The van der Waals surface area contributed by atoms with Crippen LogP contribution in [-0.4, -0.2) is 14.4 Å². The Labute approximate surface area is 127 Å². The lowest BCUT2D eigenvalue weighted by molar-refractivity contribution is 0.175. The van der Waals surface area contributed by atoms with Gasteiger partial charge in [-0.1, -0.05) is 70.4 Å².